The van der Waals surface area contributed by atoms with Crippen LogP contribution < -0.4 is 5.32 Å². The molecule has 3 aromatic rings. The molecule has 0 fully saturated rings. The molecular formula is C27H31NO4S2. The summed E-state index contributed by atoms with van der Waals surface area (Å²) in [5, 5.41) is 6.26. The van der Waals surface area contributed by atoms with E-state index in [1.54, 1.807) is 12.1 Å². The van der Waals surface area contributed by atoms with Crippen molar-refractivity contribution in [1.82, 2.24) is 0 Å². The Hall–Kier alpha value is -2.87. The summed E-state index contributed by atoms with van der Waals surface area (Å²) in [7, 11) is -3.89. The number of hydrogen-bond donors (Lipinski definition) is 2. The first-order chi connectivity index (χ1) is 16.2. The fourth-order valence-electron chi connectivity index (χ4n) is 3.50. The van der Waals surface area contributed by atoms with Gasteiger partial charge in [0, 0.05) is 10.3 Å². The van der Waals surface area contributed by atoms with Crippen LogP contribution in [0.4, 0.5) is 5.69 Å². The van der Waals surface area contributed by atoms with Crippen LogP contribution in [0.15, 0.2) is 94.4 Å². The highest BCUT2D eigenvalue weighted by atomic mass is 32.2. The summed E-state index contributed by atoms with van der Waals surface area (Å²) in [4.78, 5) is 2.66. The molecule has 1 aliphatic rings. The number of anilines is 1. The maximum atomic E-state index is 10.5. The predicted octanol–water partition coefficient (Wildman–Crippen LogP) is 6.78. The van der Waals surface area contributed by atoms with Gasteiger partial charge in [-0.3, -0.25) is 4.55 Å². The Morgan fingerprint density at radius 2 is 1.76 bits per heavy atom. The second-order valence-electron chi connectivity index (χ2n) is 7.77. The van der Waals surface area contributed by atoms with Gasteiger partial charge in [-0.2, -0.15) is 8.42 Å². The molecule has 4 rings (SSSR count). The Bertz CT molecular complexity index is 1360. The number of hydrogen-bond acceptors (Lipinski definition) is 4. The average molecular weight is 498 g/mol. The summed E-state index contributed by atoms with van der Waals surface area (Å²) in [6.07, 6.45) is 6.15. The van der Waals surface area contributed by atoms with Crippen molar-refractivity contribution in [2.45, 2.75) is 37.5 Å². The zero-order valence-corrected chi connectivity index (χ0v) is 21.5. The summed E-state index contributed by atoms with van der Waals surface area (Å²) in [5.41, 5.74) is 3.36. The van der Waals surface area contributed by atoms with E-state index >= 15 is 0 Å². The highest BCUT2D eigenvalue weighted by Gasteiger charge is 2.19. The molecular weight excluding hydrogens is 466 g/mol. The maximum Gasteiger partial charge on any atom is 0.294 e. The SMILES string of the molecule is CCOC=C(C)C=CC1=S(CC)c2ccc3ccccc3c2N1.Cc1ccc(S(=O)(=O)O)cc1. The molecule has 1 aliphatic heterocycles. The average Bonchev–Trinajstić information content (AvgIpc) is 3.19. The molecule has 180 valence electrons. The van der Waals surface area contributed by atoms with Gasteiger partial charge in [-0.15, -0.1) is 10.5 Å². The lowest BCUT2D eigenvalue weighted by molar-refractivity contribution is 0.267. The first-order valence-corrected chi connectivity index (χ1v) is 13.9. The third-order valence-corrected chi connectivity index (χ3v) is 8.30. The van der Waals surface area contributed by atoms with Crippen molar-refractivity contribution in [2.24, 2.45) is 0 Å². The molecule has 34 heavy (non-hydrogen) atoms. The molecule has 0 radical (unpaired) electrons. The molecule has 0 spiro atoms. The largest absolute Gasteiger partial charge is 0.501 e. The van der Waals surface area contributed by atoms with Gasteiger partial charge in [0.25, 0.3) is 10.1 Å². The lowest BCUT2D eigenvalue weighted by atomic mass is 10.1. The van der Waals surface area contributed by atoms with Crippen LogP contribution in [-0.2, 0) is 14.9 Å². The fraction of sp³-hybridized carbons (Fsp3) is 0.222. The number of ether oxygens (including phenoxy) is 1. The van der Waals surface area contributed by atoms with E-state index in [4.69, 9.17) is 9.29 Å². The van der Waals surface area contributed by atoms with E-state index in [0.717, 1.165) is 16.9 Å². The van der Waals surface area contributed by atoms with Crippen molar-refractivity contribution < 1.29 is 17.7 Å². The van der Waals surface area contributed by atoms with E-state index < -0.39 is 10.1 Å². The van der Waals surface area contributed by atoms with Crippen LogP contribution >= 0.6 is 10.5 Å². The Balaban J connectivity index is 0.000000248. The summed E-state index contributed by atoms with van der Waals surface area (Å²) in [6.45, 7) is 8.86. The number of nitrogens with one attached hydrogen (secondary N) is 1. The minimum Gasteiger partial charge on any atom is -0.501 e. The van der Waals surface area contributed by atoms with Gasteiger partial charge in [0.1, 0.15) is 0 Å². The third kappa shape index (κ3) is 6.38. The third-order valence-electron chi connectivity index (χ3n) is 5.21. The van der Waals surface area contributed by atoms with Crippen LogP contribution in [0.5, 0.6) is 0 Å². The van der Waals surface area contributed by atoms with E-state index in [1.807, 2.05) is 20.1 Å². The summed E-state index contributed by atoms with van der Waals surface area (Å²) in [6, 6.07) is 19.1. The zero-order valence-electron chi connectivity index (χ0n) is 19.9. The van der Waals surface area contributed by atoms with E-state index in [-0.39, 0.29) is 15.4 Å². The van der Waals surface area contributed by atoms with Gasteiger partial charge in [-0.05, 0) is 61.8 Å². The Morgan fingerprint density at radius 1 is 1.06 bits per heavy atom. The minimum atomic E-state index is -4.02. The molecule has 0 amide bonds. The summed E-state index contributed by atoms with van der Waals surface area (Å²) < 4.78 is 34.9. The van der Waals surface area contributed by atoms with Crippen molar-refractivity contribution in [1.29, 1.82) is 0 Å². The Kier molecular flexibility index (Phi) is 8.72. The number of benzene rings is 3. The van der Waals surface area contributed by atoms with Crippen LogP contribution in [0.2, 0.25) is 0 Å². The molecule has 0 aromatic heterocycles. The molecule has 0 bridgehead atoms. The number of allylic oxidation sites excluding steroid dienone is 2. The van der Waals surface area contributed by atoms with Crippen LogP contribution in [0.25, 0.3) is 10.8 Å². The van der Waals surface area contributed by atoms with E-state index in [2.05, 4.69) is 67.7 Å². The van der Waals surface area contributed by atoms with Crippen molar-refractivity contribution in [2.75, 3.05) is 17.7 Å². The van der Waals surface area contributed by atoms with Crippen molar-refractivity contribution in [3.05, 3.63) is 90.2 Å². The van der Waals surface area contributed by atoms with Gasteiger partial charge in [-0.25, -0.2) is 0 Å². The normalized spacial score (nSPS) is 15.6. The van der Waals surface area contributed by atoms with Gasteiger partial charge in [0.2, 0.25) is 0 Å². The summed E-state index contributed by atoms with van der Waals surface area (Å²) in [5.74, 6) is 1.12. The highest BCUT2D eigenvalue weighted by Crippen LogP contribution is 2.44. The smallest absolute Gasteiger partial charge is 0.294 e. The second kappa shape index (κ2) is 11.5. The van der Waals surface area contributed by atoms with Crippen molar-refractivity contribution >= 4 is 42.1 Å². The molecule has 0 saturated carbocycles. The minimum absolute atomic E-state index is 0.0666. The van der Waals surface area contributed by atoms with E-state index in [9.17, 15) is 8.42 Å². The van der Waals surface area contributed by atoms with Crippen LogP contribution in [-0.4, -0.2) is 30.3 Å². The maximum absolute atomic E-state index is 10.5. The van der Waals surface area contributed by atoms with Gasteiger partial charge in [0.15, 0.2) is 0 Å². The Labute approximate surface area is 204 Å². The highest BCUT2D eigenvalue weighted by molar-refractivity contribution is 8.16. The summed E-state index contributed by atoms with van der Waals surface area (Å²) >= 11 is 0. The van der Waals surface area contributed by atoms with Gasteiger partial charge < -0.3 is 10.1 Å². The molecule has 1 unspecified atom stereocenters. The van der Waals surface area contributed by atoms with Gasteiger partial charge in [0.05, 0.1) is 28.4 Å². The van der Waals surface area contributed by atoms with E-state index in [1.165, 1.54) is 38.5 Å². The molecule has 1 atom stereocenters. The van der Waals surface area contributed by atoms with Crippen molar-refractivity contribution in [3.8, 4) is 0 Å². The lowest BCUT2D eigenvalue weighted by Crippen LogP contribution is -2.04. The molecule has 7 heteroatoms. The van der Waals surface area contributed by atoms with Crippen LogP contribution in [0, 0.1) is 6.92 Å². The molecule has 0 aliphatic carbocycles. The second-order valence-corrected chi connectivity index (χ2v) is 11.4. The number of fused-ring (bicyclic) bond motifs is 3. The topological polar surface area (TPSA) is 75.6 Å². The lowest BCUT2D eigenvalue weighted by Gasteiger charge is -2.06. The van der Waals surface area contributed by atoms with E-state index in [0.29, 0.717) is 6.61 Å². The quantitative estimate of drug-likeness (QED) is 0.129. The first-order valence-electron chi connectivity index (χ1n) is 11.1. The predicted molar refractivity (Wildman–Crippen MR) is 144 cm³/mol. The standard InChI is InChI=1S/C20H23NOS.C7H8O3S/c1-4-22-14-15(3)10-13-19-21-20-17-9-7-6-8-16(17)11-12-18(20)23(19)5-2;1-6-2-4-7(5-3-6)11(8,9)10/h6-14,21H,4-5H2,1-3H3;2-5H,1H3,(H,8,9,10). The zero-order chi connectivity index (χ0) is 24.7. The van der Waals surface area contributed by atoms with Crippen LogP contribution in [0.1, 0.15) is 26.3 Å². The monoisotopic (exact) mass is 497 g/mol. The molecule has 0 saturated heterocycles. The van der Waals surface area contributed by atoms with Crippen molar-refractivity contribution in [3.63, 3.8) is 0 Å². The molecule has 1 heterocycles. The first kappa shape index (κ1) is 25.7. The van der Waals surface area contributed by atoms with Gasteiger partial charge >= 0.3 is 0 Å². The fourth-order valence-corrected chi connectivity index (χ4v) is 5.93. The van der Waals surface area contributed by atoms with Gasteiger partial charge in [-0.1, -0.05) is 61.0 Å². The molecule has 3 aromatic carbocycles. The number of rotatable bonds is 6. The van der Waals surface area contributed by atoms with Crippen LogP contribution in [0.3, 0.4) is 0 Å². The number of aryl methyl sites for hydroxylation is 1. The molecule has 2 N–H and O–H groups in total. The molecule has 5 nitrogen and oxygen atoms in total. The Morgan fingerprint density at radius 3 is 2.41 bits per heavy atom.